The van der Waals surface area contributed by atoms with Gasteiger partial charge < -0.3 is 5.32 Å². The SMILES string of the molecule is Cc1ccc(-n2ncc3c2NC(=O)C[C@@H]3c2ccc(F)cc2F)cc1. The zero-order chi connectivity index (χ0) is 17.6. The first kappa shape index (κ1) is 15.5. The van der Waals surface area contributed by atoms with Crippen LogP contribution < -0.4 is 5.32 Å². The lowest BCUT2D eigenvalue weighted by atomic mass is 9.87. The fourth-order valence-corrected chi connectivity index (χ4v) is 3.16. The molecule has 1 aromatic heterocycles. The molecule has 0 fully saturated rings. The van der Waals surface area contributed by atoms with Crippen LogP contribution in [0.1, 0.15) is 29.0 Å². The molecule has 1 amide bonds. The number of nitrogens with zero attached hydrogens (tertiary/aromatic N) is 2. The molecule has 0 bridgehead atoms. The minimum atomic E-state index is -0.659. The molecule has 1 aliphatic rings. The van der Waals surface area contributed by atoms with Crippen molar-refractivity contribution >= 4 is 11.7 Å². The van der Waals surface area contributed by atoms with E-state index in [-0.39, 0.29) is 12.3 Å². The Bertz CT molecular complexity index is 963. The van der Waals surface area contributed by atoms with Crippen LogP contribution in [-0.2, 0) is 4.79 Å². The third kappa shape index (κ3) is 2.69. The summed E-state index contributed by atoms with van der Waals surface area (Å²) in [5, 5.41) is 7.18. The normalized spacial score (nSPS) is 16.4. The van der Waals surface area contributed by atoms with Crippen LogP contribution in [0.15, 0.2) is 48.7 Å². The van der Waals surface area contributed by atoms with Crippen molar-refractivity contribution < 1.29 is 13.6 Å². The fourth-order valence-electron chi connectivity index (χ4n) is 3.16. The topological polar surface area (TPSA) is 46.9 Å². The number of aryl methyl sites for hydroxylation is 1. The number of fused-ring (bicyclic) bond motifs is 1. The molecule has 2 aromatic carbocycles. The van der Waals surface area contributed by atoms with Gasteiger partial charge in [-0.15, -0.1) is 0 Å². The molecule has 0 spiro atoms. The van der Waals surface area contributed by atoms with Crippen molar-refractivity contribution in [1.82, 2.24) is 9.78 Å². The largest absolute Gasteiger partial charge is 0.310 e. The number of nitrogens with one attached hydrogen (secondary N) is 1. The van der Waals surface area contributed by atoms with Crippen LogP contribution in [0.4, 0.5) is 14.6 Å². The Balaban J connectivity index is 1.82. The molecule has 1 aliphatic heterocycles. The van der Waals surface area contributed by atoms with Gasteiger partial charge in [0, 0.05) is 24.0 Å². The first-order valence-electron chi connectivity index (χ1n) is 7.92. The van der Waals surface area contributed by atoms with Gasteiger partial charge in [0.2, 0.25) is 5.91 Å². The van der Waals surface area contributed by atoms with Gasteiger partial charge in [-0.1, -0.05) is 23.8 Å². The van der Waals surface area contributed by atoms with Gasteiger partial charge in [-0.2, -0.15) is 5.10 Å². The quantitative estimate of drug-likeness (QED) is 0.769. The first-order chi connectivity index (χ1) is 12.0. The average molecular weight is 339 g/mol. The monoisotopic (exact) mass is 339 g/mol. The molecule has 4 rings (SSSR count). The molecule has 0 saturated heterocycles. The highest BCUT2D eigenvalue weighted by molar-refractivity contribution is 5.94. The summed E-state index contributed by atoms with van der Waals surface area (Å²) < 4.78 is 29.1. The third-order valence-corrected chi connectivity index (χ3v) is 4.44. The van der Waals surface area contributed by atoms with Crippen LogP contribution in [0.25, 0.3) is 5.69 Å². The standard InChI is InChI=1S/C19H15F2N3O/c1-11-2-5-13(6-3-11)24-19-16(10-22-24)15(9-18(25)23-19)14-7-4-12(20)8-17(14)21/h2-8,10,15H,9H2,1H3,(H,23,25)/t15-/m1/s1. The van der Waals surface area contributed by atoms with E-state index in [1.807, 2.05) is 31.2 Å². The maximum Gasteiger partial charge on any atom is 0.226 e. The number of hydrogen-bond donors (Lipinski definition) is 1. The number of carbonyl (C=O) groups excluding carboxylic acids is 1. The highest BCUT2D eigenvalue weighted by Crippen LogP contribution is 2.39. The van der Waals surface area contributed by atoms with Crippen LogP contribution in [-0.4, -0.2) is 15.7 Å². The maximum atomic E-state index is 14.2. The van der Waals surface area contributed by atoms with Crippen LogP contribution in [0, 0.1) is 18.6 Å². The smallest absolute Gasteiger partial charge is 0.226 e. The van der Waals surface area contributed by atoms with Crippen molar-refractivity contribution in [2.45, 2.75) is 19.3 Å². The number of benzene rings is 2. The van der Waals surface area contributed by atoms with Gasteiger partial charge in [0.25, 0.3) is 0 Å². The predicted octanol–water partition coefficient (Wildman–Crippen LogP) is 3.93. The van der Waals surface area contributed by atoms with Crippen molar-refractivity contribution in [3.63, 3.8) is 0 Å². The molecule has 1 N–H and O–H groups in total. The third-order valence-electron chi connectivity index (χ3n) is 4.44. The van der Waals surface area contributed by atoms with E-state index >= 15 is 0 Å². The first-order valence-corrected chi connectivity index (χ1v) is 7.92. The summed E-state index contributed by atoms with van der Waals surface area (Å²) in [5.41, 5.74) is 2.92. The minimum Gasteiger partial charge on any atom is -0.310 e. The van der Waals surface area contributed by atoms with E-state index < -0.39 is 17.6 Å². The molecule has 0 radical (unpaired) electrons. The summed E-state index contributed by atoms with van der Waals surface area (Å²) in [6.45, 7) is 1.98. The van der Waals surface area contributed by atoms with E-state index in [2.05, 4.69) is 10.4 Å². The Labute approximate surface area is 143 Å². The van der Waals surface area contributed by atoms with Crippen molar-refractivity contribution in [3.8, 4) is 5.69 Å². The molecule has 0 unspecified atom stereocenters. The number of aromatic nitrogens is 2. The second kappa shape index (κ2) is 5.81. The lowest BCUT2D eigenvalue weighted by Crippen LogP contribution is -2.25. The highest BCUT2D eigenvalue weighted by atomic mass is 19.1. The second-order valence-corrected chi connectivity index (χ2v) is 6.17. The Kier molecular flexibility index (Phi) is 3.60. The molecular formula is C19H15F2N3O. The van der Waals surface area contributed by atoms with E-state index in [4.69, 9.17) is 0 Å². The van der Waals surface area contributed by atoms with Gasteiger partial charge >= 0.3 is 0 Å². The molecule has 6 heteroatoms. The van der Waals surface area contributed by atoms with E-state index in [0.29, 0.717) is 16.9 Å². The summed E-state index contributed by atoms with van der Waals surface area (Å²) in [7, 11) is 0. The Hall–Kier alpha value is -3.02. The molecule has 3 aromatic rings. The summed E-state index contributed by atoms with van der Waals surface area (Å²) in [5.74, 6) is -1.50. The number of hydrogen-bond acceptors (Lipinski definition) is 2. The van der Waals surface area contributed by atoms with Gasteiger partial charge in [0.15, 0.2) is 0 Å². The van der Waals surface area contributed by atoms with Crippen molar-refractivity contribution in [2.24, 2.45) is 0 Å². The lowest BCUT2D eigenvalue weighted by molar-refractivity contribution is -0.116. The number of amides is 1. The molecule has 25 heavy (non-hydrogen) atoms. The second-order valence-electron chi connectivity index (χ2n) is 6.17. The molecule has 2 heterocycles. The molecule has 0 saturated carbocycles. The minimum absolute atomic E-state index is 0.0924. The Morgan fingerprint density at radius 2 is 1.88 bits per heavy atom. The molecule has 0 aliphatic carbocycles. The van der Waals surface area contributed by atoms with Crippen molar-refractivity contribution in [3.05, 3.63) is 77.0 Å². The van der Waals surface area contributed by atoms with Crippen molar-refractivity contribution in [1.29, 1.82) is 0 Å². The van der Waals surface area contributed by atoms with Gasteiger partial charge in [0.05, 0.1) is 11.9 Å². The van der Waals surface area contributed by atoms with Crippen LogP contribution in [0.5, 0.6) is 0 Å². The number of rotatable bonds is 2. The fraction of sp³-hybridized carbons (Fsp3) is 0.158. The molecular weight excluding hydrogens is 324 g/mol. The van der Waals surface area contributed by atoms with E-state index in [1.165, 1.54) is 12.1 Å². The van der Waals surface area contributed by atoms with Gasteiger partial charge in [-0.3, -0.25) is 4.79 Å². The maximum absolute atomic E-state index is 14.2. The van der Waals surface area contributed by atoms with Crippen molar-refractivity contribution in [2.75, 3.05) is 5.32 Å². The Morgan fingerprint density at radius 1 is 1.12 bits per heavy atom. The van der Waals surface area contributed by atoms with E-state index in [9.17, 15) is 13.6 Å². The van der Waals surface area contributed by atoms with Gasteiger partial charge in [-0.25, -0.2) is 13.5 Å². The molecule has 4 nitrogen and oxygen atoms in total. The zero-order valence-corrected chi connectivity index (χ0v) is 13.5. The summed E-state index contributed by atoms with van der Waals surface area (Å²) in [6.07, 6.45) is 1.72. The number of halogens is 2. The van der Waals surface area contributed by atoms with Gasteiger partial charge in [0.1, 0.15) is 17.5 Å². The van der Waals surface area contributed by atoms with E-state index in [1.54, 1.807) is 10.9 Å². The summed E-state index contributed by atoms with van der Waals surface area (Å²) in [4.78, 5) is 12.2. The van der Waals surface area contributed by atoms with Crippen LogP contribution >= 0.6 is 0 Å². The molecule has 126 valence electrons. The number of anilines is 1. The van der Waals surface area contributed by atoms with Crippen LogP contribution in [0.2, 0.25) is 0 Å². The lowest BCUT2D eigenvalue weighted by Gasteiger charge is -2.24. The zero-order valence-electron chi connectivity index (χ0n) is 13.5. The summed E-state index contributed by atoms with van der Waals surface area (Å²) in [6, 6.07) is 11.1. The van der Waals surface area contributed by atoms with Crippen LogP contribution in [0.3, 0.4) is 0 Å². The molecule has 1 atom stereocenters. The predicted molar refractivity (Wildman–Crippen MR) is 89.7 cm³/mol. The highest BCUT2D eigenvalue weighted by Gasteiger charge is 2.32. The average Bonchev–Trinajstić information content (AvgIpc) is 2.99. The number of carbonyl (C=O) groups is 1. The van der Waals surface area contributed by atoms with Gasteiger partial charge in [-0.05, 0) is 30.7 Å². The Morgan fingerprint density at radius 3 is 2.60 bits per heavy atom. The summed E-state index contributed by atoms with van der Waals surface area (Å²) >= 11 is 0. The van der Waals surface area contributed by atoms with E-state index in [0.717, 1.165) is 17.3 Å².